The Balaban J connectivity index is 0.00000225. The molecule has 0 bridgehead atoms. The molecule has 142 valence electrons. The van der Waals surface area contributed by atoms with E-state index < -0.39 is 10.0 Å². The van der Waals surface area contributed by atoms with E-state index >= 15 is 0 Å². The number of hydrogen-bond donors (Lipinski definition) is 1. The summed E-state index contributed by atoms with van der Waals surface area (Å²) in [6.07, 6.45) is 2.61. The lowest BCUT2D eigenvalue weighted by molar-refractivity contribution is -0.132. The van der Waals surface area contributed by atoms with Crippen LogP contribution in [0.25, 0.3) is 0 Å². The van der Waals surface area contributed by atoms with Crippen LogP contribution in [0.2, 0.25) is 4.34 Å². The Kier molecular flexibility index (Phi) is 7.54. The minimum Gasteiger partial charge on any atom is -0.340 e. The van der Waals surface area contributed by atoms with Gasteiger partial charge in [0.1, 0.15) is 4.21 Å². The second-order valence-electron chi connectivity index (χ2n) is 6.24. The third-order valence-corrected chi connectivity index (χ3v) is 8.26. The maximum absolute atomic E-state index is 12.5. The minimum absolute atomic E-state index is 0. The number of halogens is 2. The highest BCUT2D eigenvalue weighted by Gasteiger charge is 2.31. The fourth-order valence-electron chi connectivity index (χ4n) is 3.19. The van der Waals surface area contributed by atoms with Crippen LogP contribution in [-0.4, -0.2) is 62.8 Å². The largest absolute Gasteiger partial charge is 0.340 e. The van der Waals surface area contributed by atoms with Gasteiger partial charge in [-0.3, -0.25) is 4.79 Å². The quantitative estimate of drug-likeness (QED) is 0.780. The Bertz CT molecular complexity index is 682. The van der Waals surface area contributed by atoms with Gasteiger partial charge in [-0.1, -0.05) is 11.6 Å². The number of carbonyl (C=O) groups is 1. The van der Waals surface area contributed by atoms with Crippen molar-refractivity contribution in [1.29, 1.82) is 0 Å². The molecule has 0 radical (unpaired) electrons. The third kappa shape index (κ3) is 5.08. The van der Waals surface area contributed by atoms with Crippen molar-refractivity contribution in [2.45, 2.75) is 23.5 Å². The van der Waals surface area contributed by atoms with Crippen LogP contribution in [0.1, 0.15) is 19.3 Å². The zero-order valence-electron chi connectivity index (χ0n) is 13.8. The van der Waals surface area contributed by atoms with E-state index in [9.17, 15) is 13.2 Å². The Labute approximate surface area is 164 Å². The molecule has 1 atom stereocenters. The molecule has 0 aliphatic carbocycles. The molecule has 1 amide bonds. The van der Waals surface area contributed by atoms with Gasteiger partial charge >= 0.3 is 0 Å². The summed E-state index contributed by atoms with van der Waals surface area (Å²) in [7, 11) is -3.49. The molecular weight excluding hydrogens is 405 g/mol. The van der Waals surface area contributed by atoms with Gasteiger partial charge < -0.3 is 10.2 Å². The molecule has 2 fully saturated rings. The van der Waals surface area contributed by atoms with Crippen LogP contribution in [0.15, 0.2) is 16.3 Å². The van der Waals surface area contributed by atoms with Crippen molar-refractivity contribution in [3.8, 4) is 0 Å². The number of carbonyl (C=O) groups excluding carboxylic acids is 1. The Morgan fingerprint density at radius 2 is 2.00 bits per heavy atom. The number of hydrogen-bond acceptors (Lipinski definition) is 5. The van der Waals surface area contributed by atoms with Crippen LogP contribution in [0.5, 0.6) is 0 Å². The monoisotopic (exact) mass is 427 g/mol. The number of piperazine rings is 1. The number of nitrogens with one attached hydrogen (secondary N) is 1. The minimum atomic E-state index is -3.49. The molecule has 1 aromatic heterocycles. The van der Waals surface area contributed by atoms with Crippen LogP contribution in [0.4, 0.5) is 0 Å². The molecule has 3 rings (SSSR count). The van der Waals surface area contributed by atoms with Gasteiger partial charge in [-0.25, -0.2) is 8.42 Å². The van der Waals surface area contributed by atoms with Crippen LogP contribution in [-0.2, 0) is 14.8 Å². The zero-order chi connectivity index (χ0) is 17.2. The fourth-order valence-corrected chi connectivity index (χ4v) is 6.25. The third-order valence-electron chi connectivity index (χ3n) is 4.66. The summed E-state index contributed by atoms with van der Waals surface area (Å²) >= 11 is 6.90. The Morgan fingerprint density at radius 3 is 2.56 bits per heavy atom. The Hall–Kier alpha value is -0.380. The summed E-state index contributed by atoms with van der Waals surface area (Å²) in [5.74, 6) is 0.734. The highest BCUT2D eigenvalue weighted by Crippen LogP contribution is 2.28. The van der Waals surface area contributed by atoms with Gasteiger partial charge in [0.25, 0.3) is 10.0 Å². The van der Waals surface area contributed by atoms with Crippen molar-refractivity contribution in [2.24, 2.45) is 5.92 Å². The number of thiophene rings is 1. The topological polar surface area (TPSA) is 69.7 Å². The molecule has 0 saturated carbocycles. The van der Waals surface area contributed by atoms with Crippen molar-refractivity contribution in [1.82, 2.24) is 14.5 Å². The molecule has 0 aromatic carbocycles. The molecule has 3 heterocycles. The van der Waals surface area contributed by atoms with Gasteiger partial charge in [-0.05, 0) is 44.0 Å². The number of nitrogens with zero attached hydrogens (tertiary/aromatic N) is 2. The first kappa shape index (κ1) is 20.9. The van der Waals surface area contributed by atoms with E-state index in [-0.39, 0.29) is 22.5 Å². The number of amides is 1. The molecule has 25 heavy (non-hydrogen) atoms. The highest BCUT2D eigenvalue weighted by molar-refractivity contribution is 7.91. The van der Waals surface area contributed by atoms with Crippen molar-refractivity contribution >= 4 is 51.3 Å². The van der Waals surface area contributed by atoms with Gasteiger partial charge in [-0.15, -0.1) is 23.7 Å². The van der Waals surface area contributed by atoms with E-state index in [1.807, 2.05) is 0 Å². The van der Waals surface area contributed by atoms with Crippen LogP contribution < -0.4 is 5.32 Å². The summed E-state index contributed by atoms with van der Waals surface area (Å²) in [6.45, 7) is 3.65. The van der Waals surface area contributed by atoms with E-state index in [1.54, 1.807) is 11.0 Å². The van der Waals surface area contributed by atoms with E-state index in [0.29, 0.717) is 42.9 Å². The van der Waals surface area contributed by atoms with Crippen molar-refractivity contribution in [2.75, 3.05) is 39.3 Å². The lowest BCUT2D eigenvalue weighted by atomic mass is 10.0. The summed E-state index contributed by atoms with van der Waals surface area (Å²) in [4.78, 5) is 14.1. The number of rotatable bonds is 5. The number of sulfonamides is 1. The average molecular weight is 428 g/mol. The van der Waals surface area contributed by atoms with Gasteiger partial charge in [0.2, 0.25) is 5.91 Å². The first-order valence-electron chi connectivity index (χ1n) is 8.21. The van der Waals surface area contributed by atoms with Crippen molar-refractivity contribution in [3.63, 3.8) is 0 Å². The molecular formula is C15H23Cl2N3O3S2. The summed E-state index contributed by atoms with van der Waals surface area (Å²) in [5.41, 5.74) is 0. The van der Waals surface area contributed by atoms with Gasteiger partial charge in [0.05, 0.1) is 4.34 Å². The molecule has 1 N–H and O–H groups in total. The summed E-state index contributed by atoms with van der Waals surface area (Å²) in [6, 6.07) is 3.13. The fraction of sp³-hybridized carbons (Fsp3) is 0.667. The summed E-state index contributed by atoms with van der Waals surface area (Å²) in [5, 5.41) is 3.31. The van der Waals surface area contributed by atoms with Gasteiger partial charge in [0, 0.05) is 32.6 Å². The second-order valence-corrected chi connectivity index (χ2v) is 10.1. The molecule has 0 spiro atoms. The summed E-state index contributed by atoms with van der Waals surface area (Å²) < 4.78 is 27.3. The van der Waals surface area contributed by atoms with Crippen molar-refractivity contribution in [3.05, 3.63) is 16.5 Å². The zero-order valence-corrected chi connectivity index (χ0v) is 17.0. The molecule has 2 aliphatic heterocycles. The maximum atomic E-state index is 12.5. The molecule has 1 aromatic rings. The normalized spacial score (nSPS) is 22.0. The lowest BCUT2D eigenvalue weighted by Crippen LogP contribution is -2.50. The molecule has 10 heteroatoms. The smallest absolute Gasteiger partial charge is 0.252 e. The van der Waals surface area contributed by atoms with Crippen molar-refractivity contribution < 1.29 is 13.2 Å². The van der Waals surface area contributed by atoms with Crippen LogP contribution in [0, 0.1) is 5.92 Å². The van der Waals surface area contributed by atoms with E-state index in [1.165, 1.54) is 10.4 Å². The predicted molar refractivity (Wildman–Crippen MR) is 102 cm³/mol. The van der Waals surface area contributed by atoms with Gasteiger partial charge in [0.15, 0.2) is 0 Å². The Morgan fingerprint density at radius 1 is 1.28 bits per heavy atom. The average Bonchev–Trinajstić information content (AvgIpc) is 3.24. The molecule has 6 nitrogen and oxygen atoms in total. The molecule has 2 aliphatic rings. The SMILES string of the molecule is Cl.O=C(CCC1CCNC1)N1CCN(S(=O)(=O)c2ccc(Cl)s2)CC1. The highest BCUT2D eigenvalue weighted by atomic mass is 35.5. The lowest BCUT2D eigenvalue weighted by Gasteiger charge is -2.34. The first-order chi connectivity index (χ1) is 11.5. The van der Waals surface area contributed by atoms with Crippen LogP contribution >= 0.6 is 35.3 Å². The molecule has 1 unspecified atom stereocenters. The predicted octanol–water partition coefficient (Wildman–Crippen LogP) is 2.05. The van der Waals surface area contributed by atoms with Crippen LogP contribution in [0.3, 0.4) is 0 Å². The van der Waals surface area contributed by atoms with E-state index in [0.717, 1.165) is 37.3 Å². The second kappa shape index (κ2) is 9.01. The first-order valence-corrected chi connectivity index (χ1v) is 10.8. The van der Waals surface area contributed by atoms with Gasteiger partial charge in [-0.2, -0.15) is 4.31 Å². The molecule has 2 saturated heterocycles. The van der Waals surface area contributed by atoms with E-state index in [2.05, 4.69) is 5.32 Å². The van der Waals surface area contributed by atoms with E-state index in [4.69, 9.17) is 11.6 Å². The standard InChI is InChI=1S/C15H22ClN3O3S2.ClH/c16-13-2-4-15(23-13)24(21,22)19-9-7-18(8-10-19)14(20)3-1-12-5-6-17-11-12;/h2,4,12,17H,1,3,5-11H2;1H. The maximum Gasteiger partial charge on any atom is 0.252 e.